The molecule has 1 saturated heterocycles. The SMILES string of the molecule is Cn1nc(-c2cccc(N3CCCC3=O)c2)c2c(c(Nc3ccc(I)cc3F)c(F)c(=O)n2C)c1=O. The number of nitrogens with one attached hydrogen (secondary N) is 1. The highest BCUT2D eigenvalue weighted by atomic mass is 127. The van der Waals surface area contributed by atoms with E-state index < -0.39 is 28.4 Å². The molecule has 8 nitrogen and oxygen atoms in total. The molecule has 1 aliphatic heterocycles. The van der Waals surface area contributed by atoms with Gasteiger partial charge in [0.05, 0.1) is 22.3 Å². The van der Waals surface area contributed by atoms with Crippen molar-refractivity contribution in [3.63, 3.8) is 0 Å². The van der Waals surface area contributed by atoms with Crippen molar-refractivity contribution in [3.05, 3.63) is 78.4 Å². The van der Waals surface area contributed by atoms with Gasteiger partial charge in [-0.25, -0.2) is 9.07 Å². The van der Waals surface area contributed by atoms with Crippen molar-refractivity contribution >= 4 is 56.5 Å². The summed E-state index contributed by atoms with van der Waals surface area (Å²) < 4.78 is 32.6. The van der Waals surface area contributed by atoms with Gasteiger partial charge in [-0.1, -0.05) is 12.1 Å². The molecule has 0 spiro atoms. The number of fused-ring (bicyclic) bond motifs is 1. The summed E-state index contributed by atoms with van der Waals surface area (Å²) in [5, 5.41) is 6.86. The molecule has 0 aliphatic carbocycles. The second kappa shape index (κ2) is 9.12. The second-order valence-electron chi connectivity index (χ2n) is 8.50. The van der Waals surface area contributed by atoms with Gasteiger partial charge in [0.1, 0.15) is 11.5 Å². The fraction of sp³-hybridized carbons (Fsp3) is 0.200. The monoisotopic (exact) mass is 603 g/mol. The average Bonchev–Trinajstić information content (AvgIpc) is 3.29. The maximum Gasteiger partial charge on any atom is 0.289 e. The Bertz CT molecular complexity index is 1680. The molecule has 3 heterocycles. The van der Waals surface area contributed by atoms with Crippen LogP contribution in [0.15, 0.2) is 52.1 Å². The second-order valence-corrected chi connectivity index (χ2v) is 9.75. The minimum atomic E-state index is -1.21. The van der Waals surface area contributed by atoms with E-state index >= 15 is 4.39 Å². The van der Waals surface area contributed by atoms with Gasteiger partial charge in [-0.15, -0.1) is 0 Å². The highest BCUT2D eigenvalue weighted by Crippen LogP contribution is 2.33. The summed E-state index contributed by atoms with van der Waals surface area (Å²) in [6.45, 7) is 0.586. The van der Waals surface area contributed by atoms with Gasteiger partial charge in [0.2, 0.25) is 11.7 Å². The van der Waals surface area contributed by atoms with Crippen molar-refractivity contribution in [1.29, 1.82) is 0 Å². The Labute approximate surface area is 217 Å². The molecule has 0 radical (unpaired) electrons. The molecule has 0 atom stereocenters. The molecule has 1 N–H and O–H groups in total. The molecular formula is C25H20F2IN5O3. The summed E-state index contributed by atoms with van der Waals surface area (Å²) in [6, 6.07) is 11.3. The number of carbonyl (C=O) groups excluding carboxylic acids is 1. The molecule has 184 valence electrons. The maximum absolute atomic E-state index is 15.3. The molecule has 1 amide bonds. The largest absolute Gasteiger partial charge is 0.350 e. The predicted molar refractivity (Wildman–Crippen MR) is 142 cm³/mol. The highest BCUT2D eigenvalue weighted by Gasteiger charge is 2.25. The van der Waals surface area contributed by atoms with Gasteiger partial charge in [0.25, 0.3) is 11.1 Å². The van der Waals surface area contributed by atoms with Crippen LogP contribution in [0, 0.1) is 15.2 Å². The first kappa shape index (κ1) is 24.1. The van der Waals surface area contributed by atoms with E-state index in [0.29, 0.717) is 27.8 Å². The van der Waals surface area contributed by atoms with E-state index in [1.165, 1.54) is 26.2 Å². The van der Waals surface area contributed by atoms with E-state index in [0.717, 1.165) is 15.7 Å². The summed E-state index contributed by atoms with van der Waals surface area (Å²) in [5.74, 6) is -1.87. The number of amides is 1. The number of aryl methyl sites for hydroxylation is 2. The summed E-state index contributed by atoms with van der Waals surface area (Å²) in [6.07, 6.45) is 1.21. The number of rotatable bonds is 4. The van der Waals surface area contributed by atoms with Crippen LogP contribution < -0.4 is 21.3 Å². The summed E-state index contributed by atoms with van der Waals surface area (Å²) in [5.41, 5.74) is -0.664. The Balaban J connectivity index is 1.79. The third kappa shape index (κ3) is 3.96. The minimum absolute atomic E-state index is 0.00550. The molecule has 2 aromatic carbocycles. The van der Waals surface area contributed by atoms with Gasteiger partial charge in [-0.3, -0.25) is 14.4 Å². The van der Waals surface area contributed by atoms with Gasteiger partial charge in [0.15, 0.2) is 0 Å². The smallest absolute Gasteiger partial charge is 0.289 e. The third-order valence-corrected chi connectivity index (χ3v) is 6.88. The van der Waals surface area contributed by atoms with Crippen molar-refractivity contribution in [2.45, 2.75) is 12.8 Å². The van der Waals surface area contributed by atoms with Gasteiger partial charge in [-0.05, 0) is 59.3 Å². The Morgan fingerprint density at radius 3 is 2.50 bits per heavy atom. The molecule has 0 unspecified atom stereocenters. The lowest BCUT2D eigenvalue weighted by Gasteiger charge is -2.19. The van der Waals surface area contributed by atoms with Gasteiger partial charge in [-0.2, -0.15) is 9.49 Å². The predicted octanol–water partition coefficient (Wildman–Crippen LogP) is 4.05. The Morgan fingerprint density at radius 2 is 1.81 bits per heavy atom. The van der Waals surface area contributed by atoms with Crippen LogP contribution in [0.2, 0.25) is 0 Å². The molecule has 36 heavy (non-hydrogen) atoms. The Morgan fingerprint density at radius 1 is 1.03 bits per heavy atom. The van der Waals surface area contributed by atoms with Crippen molar-refractivity contribution in [2.75, 3.05) is 16.8 Å². The molecule has 2 aromatic heterocycles. The molecule has 0 bridgehead atoms. The lowest BCUT2D eigenvalue weighted by molar-refractivity contribution is -0.117. The first-order chi connectivity index (χ1) is 17.2. The van der Waals surface area contributed by atoms with Crippen LogP contribution in [0.1, 0.15) is 12.8 Å². The summed E-state index contributed by atoms with van der Waals surface area (Å²) in [7, 11) is 2.76. The quantitative estimate of drug-likeness (QED) is 0.356. The van der Waals surface area contributed by atoms with E-state index in [4.69, 9.17) is 0 Å². The molecule has 5 rings (SSSR count). The number of halogens is 3. The Hall–Kier alpha value is -3.61. The lowest BCUT2D eigenvalue weighted by Crippen LogP contribution is -2.29. The molecular weight excluding hydrogens is 583 g/mol. The fourth-order valence-electron chi connectivity index (χ4n) is 4.42. The molecule has 4 aromatic rings. The summed E-state index contributed by atoms with van der Waals surface area (Å²) >= 11 is 1.94. The average molecular weight is 603 g/mol. The topological polar surface area (TPSA) is 89.2 Å². The van der Waals surface area contributed by atoms with E-state index in [9.17, 15) is 18.8 Å². The van der Waals surface area contributed by atoms with Crippen LogP contribution in [-0.4, -0.2) is 26.8 Å². The zero-order valence-corrected chi connectivity index (χ0v) is 21.5. The van der Waals surface area contributed by atoms with Gasteiger partial charge in [0, 0.05) is 41.9 Å². The van der Waals surface area contributed by atoms with Crippen LogP contribution in [0.3, 0.4) is 0 Å². The number of benzene rings is 2. The zero-order valence-electron chi connectivity index (χ0n) is 19.3. The number of anilines is 3. The number of hydrogen-bond donors (Lipinski definition) is 1. The van der Waals surface area contributed by atoms with E-state index in [1.54, 1.807) is 35.2 Å². The molecule has 0 saturated carbocycles. The normalized spacial score (nSPS) is 13.6. The van der Waals surface area contributed by atoms with Crippen molar-refractivity contribution in [2.24, 2.45) is 14.1 Å². The third-order valence-electron chi connectivity index (χ3n) is 6.21. The molecule has 11 heteroatoms. The molecule has 1 aliphatic rings. The highest BCUT2D eigenvalue weighted by molar-refractivity contribution is 14.1. The summed E-state index contributed by atoms with van der Waals surface area (Å²) in [4.78, 5) is 40.1. The standard InChI is InChI=1S/C25H20F2IN5O3/c1-31-23-19(22(20(27)25(31)36)29-17-9-8-14(28)12-16(17)26)24(35)32(2)30-21(23)13-5-3-6-15(11-13)33-10-4-7-18(33)34/h3,5-6,8-9,11-12,29H,4,7,10H2,1-2H3. The van der Waals surface area contributed by atoms with E-state index in [2.05, 4.69) is 10.4 Å². The number of pyridine rings is 1. The van der Waals surface area contributed by atoms with Gasteiger partial charge < -0.3 is 14.8 Å². The van der Waals surface area contributed by atoms with E-state index in [1.807, 2.05) is 22.6 Å². The van der Waals surface area contributed by atoms with Gasteiger partial charge >= 0.3 is 0 Å². The lowest BCUT2D eigenvalue weighted by atomic mass is 10.1. The Kier molecular flexibility index (Phi) is 6.10. The fourth-order valence-corrected chi connectivity index (χ4v) is 4.87. The van der Waals surface area contributed by atoms with Crippen LogP contribution in [0.4, 0.5) is 25.8 Å². The van der Waals surface area contributed by atoms with Crippen molar-refractivity contribution in [3.8, 4) is 11.3 Å². The number of nitrogens with zero attached hydrogens (tertiary/aromatic N) is 4. The number of carbonyl (C=O) groups is 1. The van der Waals surface area contributed by atoms with Crippen molar-refractivity contribution in [1.82, 2.24) is 14.3 Å². The number of aromatic nitrogens is 3. The van der Waals surface area contributed by atoms with Crippen LogP contribution in [-0.2, 0) is 18.9 Å². The van der Waals surface area contributed by atoms with Crippen molar-refractivity contribution < 1.29 is 13.6 Å². The number of hydrogen-bond acceptors (Lipinski definition) is 5. The zero-order chi connectivity index (χ0) is 25.7. The first-order valence-corrected chi connectivity index (χ1v) is 12.2. The van der Waals surface area contributed by atoms with Crippen LogP contribution in [0.25, 0.3) is 22.2 Å². The van der Waals surface area contributed by atoms with E-state index in [-0.39, 0.29) is 28.2 Å². The van der Waals surface area contributed by atoms with Crippen LogP contribution >= 0.6 is 22.6 Å². The minimum Gasteiger partial charge on any atom is -0.350 e. The maximum atomic E-state index is 15.3. The molecule has 1 fully saturated rings. The first-order valence-electron chi connectivity index (χ1n) is 11.1. The van der Waals surface area contributed by atoms with Crippen LogP contribution in [0.5, 0.6) is 0 Å².